The summed E-state index contributed by atoms with van der Waals surface area (Å²) in [5.41, 5.74) is 0.632. The Balaban J connectivity index is 1.28. The summed E-state index contributed by atoms with van der Waals surface area (Å²) in [4.78, 5) is 13.3. The third-order valence-corrected chi connectivity index (χ3v) is 7.75. The van der Waals surface area contributed by atoms with Crippen molar-refractivity contribution >= 4 is 5.91 Å². The number of carbonyl (C=O) groups excluding carboxylic acids is 1. The standard InChI is InChI=1S/C24H30N2O4/c1-3-22-9-16-10-23(13-22,15-24(28,11-16)14-22)21(27)25-12-18-8-20(30-26-18)17-4-6-19(29-2)7-5-17/h4-8,16,28H,3,9-15H2,1-2H3,(H,25,27). The zero-order valence-corrected chi connectivity index (χ0v) is 17.7. The molecule has 0 aliphatic heterocycles. The number of nitrogens with one attached hydrogen (secondary N) is 1. The first-order chi connectivity index (χ1) is 14.4. The van der Waals surface area contributed by atoms with E-state index in [1.165, 1.54) is 0 Å². The molecule has 4 bridgehead atoms. The van der Waals surface area contributed by atoms with Crippen molar-refractivity contribution in [3.8, 4) is 17.1 Å². The van der Waals surface area contributed by atoms with Crippen LogP contribution in [0.15, 0.2) is 34.9 Å². The summed E-state index contributed by atoms with van der Waals surface area (Å²) in [6.07, 6.45) is 6.31. The number of benzene rings is 1. The normalized spacial score (nSPS) is 34.2. The molecule has 1 amide bonds. The minimum Gasteiger partial charge on any atom is -0.497 e. The maximum atomic E-state index is 13.3. The Morgan fingerprint density at radius 2 is 2.03 bits per heavy atom. The largest absolute Gasteiger partial charge is 0.497 e. The lowest BCUT2D eigenvalue weighted by molar-refractivity contribution is -0.204. The van der Waals surface area contributed by atoms with Crippen molar-refractivity contribution in [2.45, 2.75) is 64.0 Å². The lowest BCUT2D eigenvalue weighted by Crippen LogP contribution is -2.63. The molecule has 2 aromatic rings. The molecule has 30 heavy (non-hydrogen) atoms. The highest BCUT2D eigenvalue weighted by molar-refractivity contribution is 5.83. The molecule has 0 radical (unpaired) electrons. The van der Waals surface area contributed by atoms with Crippen LogP contribution < -0.4 is 10.1 Å². The Kier molecular flexibility index (Phi) is 4.47. The SMILES string of the molecule is CCC12CC3CC(O)(C1)CC(C(=O)NCc1cc(-c4ccc(OC)cc4)on1)(C3)C2. The fraction of sp³-hybridized carbons (Fsp3) is 0.583. The van der Waals surface area contributed by atoms with Crippen LogP contribution in [0.3, 0.4) is 0 Å². The Morgan fingerprint density at radius 3 is 2.73 bits per heavy atom. The van der Waals surface area contributed by atoms with Gasteiger partial charge in [-0.2, -0.15) is 0 Å². The van der Waals surface area contributed by atoms with Crippen molar-refractivity contribution in [3.63, 3.8) is 0 Å². The third-order valence-electron chi connectivity index (χ3n) is 7.75. The number of hydrogen-bond donors (Lipinski definition) is 2. The quantitative estimate of drug-likeness (QED) is 0.750. The van der Waals surface area contributed by atoms with Gasteiger partial charge < -0.3 is 19.7 Å². The summed E-state index contributed by atoms with van der Waals surface area (Å²) in [5, 5.41) is 18.4. The lowest BCUT2D eigenvalue weighted by atomic mass is 9.42. The number of rotatable bonds is 6. The highest BCUT2D eigenvalue weighted by Gasteiger charge is 2.64. The van der Waals surface area contributed by atoms with Gasteiger partial charge in [0.15, 0.2) is 5.76 Å². The molecule has 0 spiro atoms. The summed E-state index contributed by atoms with van der Waals surface area (Å²) in [5.74, 6) is 1.98. The van der Waals surface area contributed by atoms with E-state index >= 15 is 0 Å². The summed E-state index contributed by atoms with van der Waals surface area (Å²) >= 11 is 0. The average molecular weight is 411 g/mol. The molecule has 4 atom stereocenters. The van der Waals surface area contributed by atoms with Gasteiger partial charge in [0.1, 0.15) is 11.4 Å². The van der Waals surface area contributed by atoms with Crippen molar-refractivity contribution in [1.82, 2.24) is 10.5 Å². The smallest absolute Gasteiger partial charge is 0.226 e. The maximum absolute atomic E-state index is 13.3. The third kappa shape index (κ3) is 3.22. The second-order valence-electron chi connectivity index (χ2n) is 9.96. The number of methoxy groups -OCH3 is 1. The van der Waals surface area contributed by atoms with E-state index in [4.69, 9.17) is 9.26 Å². The van der Waals surface area contributed by atoms with Crippen molar-refractivity contribution in [2.75, 3.05) is 7.11 Å². The highest BCUT2D eigenvalue weighted by Crippen LogP contribution is 2.67. The van der Waals surface area contributed by atoms with Gasteiger partial charge in [0.05, 0.1) is 24.7 Å². The number of aliphatic hydroxyl groups is 1. The lowest BCUT2D eigenvalue weighted by Gasteiger charge is -2.64. The van der Waals surface area contributed by atoms with Crippen LogP contribution in [0, 0.1) is 16.7 Å². The topological polar surface area (TPSA) is 84.6 Å². The summed E-state index contributed by atoms with van der Waals surface area (Å²) in [6.45, 7) is 2.54. The van der Waals surface area contributed by atoms with Crippen molar-refractivity contribution < 1.29 is 19.2 Å². The van der Waals surface area contributed by atoms with E-state index in [-0.39, 0.29) is 11.3 Å². The zero-order valence-electron chi connectivity index (χ0n) is 17.7. The Morgan fingerprint density at radius 1 is 1.23 bits per heavy atom. The molecule has 1 aromatic heterocycles. The molecule has 6 nitrogen and oxygen atoms in total. The molecule has 6 heteroatoms. The molecule has 6 rings (SSSR count). The fourth-order valence-corrected chi connectivity index (χ4v) is 6.88. The minimum atomic E-state index is -0.664. The molecular formula is C24H30N2O4. The molecule has 2 N–H and O–H groups in total. The van der Waals surface area contributed by atoms with Gasteiger partial charge in [0.25, 0.3) is 0 Å². The summed E-state index contributed by atoms with van der Waals surface area (Å²) in [6, 6.07) is 9.45. The molecule has 4 unspecified atom stereocenters. The first kappa shape index (κ1) is 19.6. The van der Waals surface area contributed by atoms with Crippen LogP contribution in [0.5, 0.6) is 5.75 Å². The van der Waals surface area contributed by atoms with E-state index in [9.17, 15) is 9.90 Å². The molecule has 0 saturated heterocycles. The Bertz CT molecular complexity index is 954. The molecule has 160 valence electrons. The predicted octanol–water partition coefficient (Wildman–Crippen LogP) is 4.08. The summed E-state index contributed by atoms with van der Waals surface area (Å²) in [7, 11) is 1.63. The molecule has 4 aliphatic carbocycles. The maximum Gasteiger partial charge on any atom is 0.226 e. The summed E-state index contributed by atoms with van der Waals surface area (Å²) < 4.78 is 10.7. The average Bonchev–Trinajstić information content (AvgIpc) is 3.19. The van der Waals surface area contributed by atoms with Gasteiger partial charge in [-0.25, -0.2) is 0 Å². The van der Waals surface area contributed by atoms with Crippen molar-refractivity contribution in [1.29, 1.82) is 0 Å². The molecule has 4 saturated carbocycles. The Labute approximate surface area is 177 Å². The van der Waals surface area contributed by atoms with Crippen molar-refractivity contribution in [2.24, 2.45) is 16.7 Å². The monoisotopic (exact) mass is 410 g/mol. The van der Waals surface area contributed by atoms with Crippen LogP contribution in [0.25, 0.3) is 11.3 Å². The molecule has 1 heterocycles. The van der Waals surface area contributed by atoms with Crippen LogP contribution in [-0.4, -0.2) is 28.9 Å². The van der Waals surface area contributed by atoms with Crippen LogP contribution in [-0.2, 0) is 11.3 Å². The van der Waals surface area contributed by atoms with Gasteiger partial charge >= 0.3 is 0 Å². The van der Waals surface area contributed by atoms with E-state index in [0.717, 1.165) is 49.8 Å². The van der Waals surface area contributed by atoms with Crippen LogP contribution in [0.1, 0.15) is 57.6 Å². The first-order valence-corrected chi connectivity index (χ1v) is 11.0. The minimum absolute atomic E-state index is 0.0665. The predicted molar refractivity (Wildman–Crippen MR) is 112 cm³/mol. The molecule has 4 aliphatic rings. The van der Waals surface area contributed by atoms with Gasteiger partial charge in [-0.15, -0.1) is 0 Å². The number of aromatic nitrogens is 1. The van der Waals surface area contributed by atoms with Crippen LogP contribution in [0.4, 0.5) is 0 Å². The van der Waals surface area contributed by atoms with E-state index in [1.807, 2.05) is 30.3 Å². The van der Waals surface area contributed by atoms with Gasteiger partial charge in [0, 0.05) is 11.6 Å². The van der Waals surface area contributed by atoms with Gasteiger partial charge in [-0.3, -0.25) is 4.79 Å². The van der Waals surface area contributed by atoms with Crippen LogP contribution >= 0.6 is 0 Å². The molecule has 1 aromatic carbocycles. The van der Waals surface area contributed by atoms with Crippen molar-refractivity contribution in [3.05, 3.63) is 36.0 Å². The van der Waals surface area contributed by atoms with E-state index in [0.29, 0.717) is 30.3 Å². The van der Waals surface area contributed by atoms with E-state index in [1.54, 1.807) is 7.11 Å². The molecule has 4 fully saturated rings. The van der Waals surface area contributed by atoms with Gasteiger partial charge in [-0.05, 0) is 74.1 Å². The van der Waals surface area contributed by atoms with Gasteiger partial charge in [0.2, 0.25) is 5.91 Å². The van der Waals surface area contributed by atoms with Crippen LogP contribution in [0.2, 0.25) is 0 Å². The van der Waals surface area contributed by atoms with E-state index in [2.05, 4.69) is 17.4 Å². The number of ether oxygens (including phenoxy) is 1. The highest BCUT2D eigenvalue weighted by atomic mass is 16.5. The number of carbonyl (C=O) groups is 1. The number of amides is 1. The Hall–Kier alpha value is -2.34. The molecular weight excluding hydrogens is 380 g/mol. The second-order valence-corrected chi connectivity index (χ2v) is 9.96. The number of nitrogens with zero attached hydrogens (tertiary/aromatic N) is 1. The first-order valence-electron chi connectivity index (χ1n) is 11.0. The van der Waals surface area contributed by atoms with Gasteiger partial charge in [-0.1, -0.05) is 18.5 Å². The fourth-order valence-electron chi connectivity index (χ4n) is 6.88. The zero-order chi connectivity index (χ0) is 21.0. The number of hydrogen-bond acceptors (Lipinski definition) is 5. The second kappa shape index (κ2) is 6.84. The van der Waals surface area contributed by atoms with E-state index < -0.39 is 11.0 Å².